The van der Waals surface area contributed by atoms with Crippen molar-refractivity contribution in [1.29, 1.82) is 0 Å². The van der Waals surface area contributed by atoms with Crippen LogP contribution in [0.15, 0.2) is 18.2 Å². The van der Waals surface area contributed by atoms with Crippen molar-refractivity contribution in [3.63, 3.8) is 0 Å². The summed E-state index contributed by atoms with van der Waals surface area (Å²) in [5.74, 6) is -1.26. The average Bonchev–Trinajstić information content (AvgIpc) is 3.07. The second-order valence-corrected chi connectivity index (χ2v) is 4.56. The van der Waals surface area contributed by atoms with Gasteiger partial charge >= 0.3 is 12.1 Å². The number of carboxylic acid groups (broad SMARTS) is 1. The van der Waals surface area contributed by atoms with Crippen LogP contribution in [0.4, 0.5) is 24.5 Å². The first-order chi connectivity index (χ1) is 8.78. The van der Waals surface area contributed by atoms with E-state index in [1.807, 2.05) is 0 Å². The topological polar surface area (TPSA) is 66.6 Å². The van der Waals surface area contributed by atoms with Crippen LogP contribution in [0.3, 0.4) is 0 Å². The Hall–Kier alpha value is -1.92. The van der Waals surface area contributed by atoms with E-state index in [9.17, 15) is 18.0 Å². The lowest BCUT2D eigenvalue weighted by molar-refractivity contribution is -0.120. The Kier molecular flexibility index (Phi) is 3.30. The van der Waals surface area contributed by atoms with E-state index in [1.165, 1.54) is 18.2 Å². The van der Waals surface area contributed by atoms with E-state index in [4.69, 9.17) is 10.8 Å². The Bertz CT molecular complexity index is 498. The van der Waals surface area contributed by atoms with Gasteiger partial charge in [-0.3, -0.25) is 0 Å². The fourth-order valence-electron chi connectivity index (χ4n) is 1.96. The van der Waals surface area contributed by atoms with Crippen molar-refractivity contribution in [2.45, 2.75) is 25.1 Å². The number of nitrogens with two attached hydrogens (primary N) is 1. The van der Waals surface area contributed by atoms with Gasteiger partial charge in [0.2, 0.25) is 0 Å². The monoisotopic (exact) mass is 274 g/mol. The van der Waals surface area contributed by atoms with Crippen molar-refractivity contribution in [2.75, 3.05) is 17.2 Å². The van der Waals surface area contributed by atoms with Crippen LogP contribution >= 0.6 is 0 Å². The molecule has 0 amide bonds. The zero-order valence-corrected chi connectivity index (χ0v) is 9.94. The van der Waals surface area contributed by atoms with Gasteiger partial charge < -0.3 is 15.7 Å². The number of nitrogens with zero attached hydrogens (tertiary/aromatic N) is 1. The van der Waals surface area contributed by atoms with Crippen molar-refractivity contribution in [3.8, 4) is 0 Å². The predicted octanol–water partition coefficient (Wildman–Crippen LogP) is 2.50. The van der Waals surface area contributed by atoms with E-state index in [1.54, 1.807) is 0 Å². The lowest BCUT2D eigenvalue weighted by Gasteiger charge is -2.27. The first-order valence-corrected chi connectivity index (χ1v) is 5.74. The molecule has 1 aromatic rings. The van der Waals surface area contributed by atoms with Gasteiger partial charge in [-0.25, -0.2) is 4.79 Å². The minimum absolute atomic E-state index is 0.0346. The predicted molar refractivity (Wildman–Crippen MR) is 64.2 cm³/mol. The summed E-state index contributed by atoms with van der Waals surface area (Å²) in [5, 5.41) is 9.06. The number of carbonyl (C=O) groups is 1. The van der Waals surface area contributed by atoms with Crippen LogP contribution in [0.25, 0.3) is 0 Å². The van der Waals surface area contributed by atoms with Gasteiger partial charge in [0.25, 0.3) is 0 Å². The van der Waals surface area contributed by atoms with Crippen molar-refractivity contribution < 1.29 is 23.1 Å². The van der Waals surface area contributed by atoms with Gasteiger partial charge in [0, 0.05) is 11.7 Å². The van der Waals surface area contributed by atoms with E-state index in [-0.39, 0.29) is 23.0 Å². The smallest absolute Gasteiger partial charge is 0.405 e. The zero-order valence-electron chi connectivity index (χ0n) is 9.94. The largest absolute Gasteiger partial charge is 0.478 e. The molecule has 0 atom stereocenters. The van der Waals surface area contributed by atoms with Crippen LogP contribution in [0.1, 0.15) is 23.2 Å². The number of aromatic carboxylic acids is 1. The van der Waals surface area contributed by atoms with Crippen LogP contribution < -0.4 is 10.6 Å². The molecule has 2 rings (SSSR count). The molecule has 0 aromatic heterocycles. The minimum Gasteiger partial charge on any atom is -0.478 e. The summed E-state index contributed by atoms with van der Waals surface area (Å²) < 4.78 is 37.8. The molecule has 1 aliphatic carbocycles. The molecule has 0 saturated heterocycles. The summed E-state index contributed by atoms with van der Waals surface area (Å²) in [6.07, 6.45) is -3.13. The Morgan fingerprint density at radius 1 is 1.42 bits per heavy atom. The molecule has 0 aliphatic heterocycles. The van der Waals surface area contributed by atoms with Gasteiger partial charge in [-0.1, -0.05) is 0 Å². The molecule has 0 radical (unpaired) electrons. The lowest BCUT2D eigenvalue weighted by Crippen LogP contribution is -2.37. The highest BCUT2D eigenvalue weighted by Gasteiger charge is 2.39. The second-order valence-electron chi connectivity index (χ2n) is 4.56. The van der Waals surface area contributed by atoms with Crippen LogP contribution in [0.2, 0.25) is 0 Å². The lowest BCUT2D eigenvalue weighted by atomic mass is 10.1. The van der Waals surface area contributed by atoms with E-state index in [0.717, 1.165) is 4.90 Å². The number of alkyl halides is 3. The number of hydrogen-bond acceptors (Lipinski definition) is 3. The number of carboxylic acids is 1. The van der Waals surface area contributed by atoms with Gasteiger partial charge in [0.05, 0.1) is 11.3 Å². The van der Waals surface area contributed by atoms with Gasteiger partial charge in [-0.15, -0.1) is 0 Å². The van der Waals surface area contributed by atoms with Crippen LogP contribution in [-0.4, -0.2) is 29.8 Å². The third kappa shape index (κ3) is 3.30. The van der Waals surface area contributed by atoms with Crippen LogP contribution in [-0.2, 0) is 0 Å². The van der Waals surface area contributed by atoms with Gasteiger partial charge in [-0.2, -0.15) is 13.2 Å². The van der Waals surface area contributed by atoms with Gasteiger partial charge in [0.1, 0.15) is 6.54 Å². The zero-order chi connectivity index (χ0) is 14.2. The maximum atomic E-state index is 12.6. The summed E-state index contributed by atoms with van der Waals surface area (Å²) in [4.78, 5) is 12.2. The Morgan fingerprint density at radius 2 is 2.05 bits per heavy atom. The number of anilines is 2. The fraction of sp³-hybridized carbons (Fsp3) is 0.417. The van der Waals surface area contributed by atoms with Crippen LogP contribution in [0, 0.1) is 0 Å². The van der Waals surface area contributed by atoms with E-state index in [0.29, 0.717) is 12.8 Å². The van der Waals surface area contributed by atoms with Crippen molar-refractivity contribution in [1.82, 2.24) is 0 Å². The molecule has 0 spiro atoms. The average molecular weight is 274 g/mol. The molecule has 0 unspecified atom stereocenters. The molecule has 4 nitrogen and oxygen atoms in total. The minimum atomic E-state index is -4.39. The van der Waals surface area contributed by atoms with Gasteiger partial charge in [-0.05, 0) is 31.0 Å². The fourth-order valence-corrected chi connectivity index (χ4v) is 1.96. The standard InChI is InChI=1S/C12H13F3N2O2/c13-12(14,15)6-17(8-2-3-8)10-5-7(16)1-4-9(10)11(18)19/h1,4-5,8H,2-3,6,16H2,(H,18,19). The molecule has 1 aliphatic rings. The molecule has 7 heteroatoms. The molecule has 19 heavy (non-hydrogen) atoms. The van der Waals surface area contributed by atoms with Crippen LogP contribution in [0.5, 0.6) is 0 Å². The molecule has 0 bridgehead atoms. The molecule has 1 saturated carbocycles. The maximum Gasteiger partial charge on any atom is 0.405 e. The normalized spacial score (nSPS) is 15.3. The first kappa shape index (κ1) is 13.5. The quantitative estimate of drug-likeness (QED) is 0.828. The summed E-state index contributed by atoms with van der Waals surface area (Å²) in [6.45, 7) is -1.17. The van der Waals surface area contributed by atoms with Crippen molar-refractivity contribution >= 4 is 17.3 Å². The van der Waals surface area contributed by atoms with Crippen molar-refractivity contribution in [3.05, 3.63) is 23.8 Å². The third-order valence-electron chi connectivity index (χ3n) is 2.90. The second kappa shape index (κ2) is 4.64. The number of hydrogen-bond donors (Lipinski definition) is 2. The molecule has 1 aromatic carbocycles. The number of halogens is 3. The SMILES string of the molecule is Nc1ccc(C(=O)O)c(N(CC(F)(F)F)C2CC2)c1. The highest BCUT2D eigenvalue weighted by molar-refractivity contribution is 5.95. The number of nitrogen functional groups attached to an aromatic ring is 1. The summed E-state index contributed by atoms with van der Waals surface area (Å²) in [5.41, 5.74) is 5.67. The molecular weight excluding hydrogens is 261 g/mol. The van der Waals surface area contributed by atoms with E-state index < -0.39 is 18.7 Å². The number of rotatable bonds is 4. The number of benzene rings is 1. The summed E-state index contributed by atoms with van der Waals surface area (Å²) in [7, 11) is 0. The Morgan fingerprint density at radius 3 is 2.53 bits per heavy atom. The Labute approximate surface area is 107 Å². The highest BCUT2D eigenvalue weighted by atomic mass is 19.4. The maximum absolute atomic E-state index is 12.6. The summed E-state index contributed by atoms with van der Waals surface area (Å²) in [6, 6.07) is 3.62. The van der Waals surface area contributed by atoms with E-state index >= 15 is 0 Å². The third-order valence-corrected chi connectivity index (χ3v) is 2.90. The molecule has 1 fully saturated rings. The highest BCUT2D eigenvalue weighted by Crippen LogP contribution is 2.36. The Balaban J connectivity index is 2.40. The molecule has 104 valence electrons. The van der Waals surface area contributed by atoms with Crippen molar-refractivity contribution in [2.24, 2.45) is 0 Å². The van der Waals surface area contributed by atoms with Gasteiger partial charge in [0.15, 0.2) is 0 Å². The van der Waals surface area contributed by atoms with E-state index in [2.05, 4.69) is 0 Å². The molecule has 0 heterocycles. The molecule has 3 N–H and O–H groups in total. The summed E-state index contributed by atoms with van der Waals surface area (Å²) >= 11 is 0. The molecular formula is C12H13F3N2O2. The first-order valence-electron chi connectivity index (χ1n) is 5.74.